The van der Waals surface area contributed by atoms with Crippen molar-refractivity contribution in [1.82, 2.24) is 19.6 Å². The highest BCUT2D eigenvalue weighted by Gasteiger charge is 1.99. The summed E-state index contributed by atoms with van der Waals surface area (Å²) in [4.78, 5) is 11.5. The highest BCUT2D eigenvalue weighted by Crippen LogP contribution is 1.97. The summed E-state index contributed by atoms with van der Waals surface area (Å²) in [5.74, 6) is 0. The van der Waals surface area contributed by atoms with E-state index >= 15 is 0 Å². The van der Waals surface area contributed by atoms with E-state index in [1.807, 2.05) is 6.92 Å². The van der Waals surface area contributed by atoms with Gasteiger partial charge < -0.3 is 5.73 Å². The maximum absolute atomic E-state index is 11.5. The first kappa shape index (κ1) is 10.4. The molecule has 0 bridgehead atoms. The Labute approximate surface area is 92.3 Å². The minimum Gasteiger partial charge on any atom is -0.396 e. The van der Waals surface area contributed by atoms with Gasteiger partial charge in [-0.2, -0.15) is 10.2 Å². The summed E-state index contributed by atoms with van der Waals surface area (Å²) in [7, 11) is 0. The Morgan fingerprint density at radius 1 is 1.31 bits per heavy atom. The summed E-state index contributed by atoms with van der Waals surface area (Å²) >= 11 is 0. The van der Waals surface area contributed by atoms with Gasteiger partial charge in [0.05, 0.1) is 31.2 Å². The molecule has 2 aromatic rings. The van der Waals surface area contributed by atoms with Crippen LogP contribution < -0.4 is 11.3 Å². The minimum absolute atomic E-state index is 0.0971. The van der Waals surface area contributed by atoms with Crippen molar-refractivity contribution >= 4 is 5.69 Å². The van der Waals surface area contributed by atoms with E-state index in [4.69, 9.17) is 5.73 Å². The number of hydrogen-bond acceptors (Lipinski definition) is 4. The normalized spacial score (nSPS) is 10.6. The topological polar surface area (TPSA) is 78.7 Å². The van der Waals surface area contributed by atoms with Gasteiger partial charge in [0.25, 0.3) is 5.56 Å². The average molecular weight is 219 g/mol. The Balaban J connectivity index is 2.07. The lowest BCUT2D eigenvalue weighted by molar-refractivity contribution is 0.482. The highest BCUT2D eigenvalue weighted by atomic mass is 16.1. The third-order valence-corrected chi connectivity index (χ3v) is 2.20. The second-order valence-electron chi connectivity index (χ2n) is 3.63. The van der Waals surface area contributed by atoms with E-state index in [0.29, 0.717) is 18.8 Å². The zero-order valence-corrected chi connectivity index (χ0v) is 9.00. The van der Waals surface area contributed by atoms with Crippen LogP contribution in [0.3, 0.4) is 0 Å². The van der Waals surface area contributed by atoms with Crippen molar-refractivity contribution in [2.45, 2.75) is 20.0 Å². The molecule has 2 N–H and O–H groups in total. The molecule has 0 unspecified atom stereocenters. The maximum atomic E-state index is 11.5. The standard InChI is InChI=1S/C10H13N5O/c1-8-4-10(16)15(13-5-8)3-2-14-7-9(11)6-12-14/h4-7H,2-3,11H2,1H3. The third kappa shape index (κ3) is 2.28. The van der Waals surface area contributed by atoms with Gasteiger partial charge in [-0.05, 0) is 12.5 Å². The van der Waals surface area contributed by atoms with Crippen LogP contribution in [0.4, 0.5) is 5.69 Å². The van der Waals surface area contributed by atoms with Gasteiger partial charge in [0, 0.05) is 12.3 Å². The molecular weight excluding hydrogens is 206 g/mol. The molecule has 0 spiro atoms. The molecule has 0 aliphatic carbocycles. The average Bonchev–Trinajstić information content (AvgIpc) is 2.63. The van der Waals surface area contributed by atoms with Crippen LogP contribution in [-0.4, -0.2) is 19.6 Å². The molecule has 0 radical (unpaired) electrons. The van der Waals surface area contributed by atoms with Gasteiger partial charge in [0.2, 0.25) is 0 Å². The van der Waals surface area contributed by atoms with Crippen LogP contribution in [-0.2, 0) is 13.1 Å². The minimum atomic E-state index is -0.0971. The lowest BCUT2D eigenvalue weighted by atomic mass is 10.3. The number of rotatable bonds is 3. The van der Waals surface area contributed by atoms with Crippen LogP contribution in [0.5, 0.6) is 0 Å². The summed E-state index contributed by atoms with van der Waals surface area (Å²) in [5, 5.41) is 8.06. The molecule has 6 nitrogen and oxygen atoms in total. The lowest BCUT2D eigenvalue weighted by Gasteiger charge is -2.04. The van der Waals surface area contributed by atoms with E-state index in [-0.39, 0.29) is 5.56 Å². The van der Waals surface area contributed by atoms with E-state index in [1.165, 1.54) is 4.68 Å². The fraction of sp³-hybridized carbons (Fsp3) is 0.300. The van der Waals surface area contributed by atoms with Gasteiger partial charge in [-0.15, -0.1) is 0 Å². The SMILES string of the molecule is Cc1cnn(CCn2cc(N)cn2)c(=O)c1. The molecule has 0 amide bonds. The summed E-state index contributed by atoms with van der Waals surface area (Å²) in [6, 6.07) is 1.56. The van der Waals surface area contributed by atoms with Crippen LogP contribution in [0.15, 0.2) is 29.5 Å². The molecule has 0 atom stereocenters. The Hall–Kier alpha value is -2.11. The number of nitrogens with two attached hydrogens (primary N) is 1. The van der Waals surface area contributed by atoms with Gasteiger partial charge in [-0.3, -0.25) is 9.48 Å². The Kier molecular flexibility index (Phi) is 2.72. The molecule has 0 fully saturated rings. The van der Waals surface area contributed by atoms with Crippen LogP contribution >= 0.6 is 0 Å². The van der Waals surface area contributed by atoms with Gasteiger partial charge >= 0.3 is 0 Å². The van der Waals surface area contributed by atoms with E-state index in [1.54, 1.807) is 29.3 Å². The first-order valence-electron chi connectivity index (χ1n) is 4.97. The van der Waals surface area contributed by atoms with Crippen LogP contribution in [0, 0.1) is 6.92 Å². The second kappa shape index (κ2) is 4.18. The number of nitrogens with zero attached hydrogens (tertiary/aromatic N) is 4. The molecule has 0 aromatic carbocycles. The van der Waals surface area contributed by atoms with Gasteiger partial charge in [-0.25, -0.2) is 4.68 Å². The molecule has 2 rings (SSSR count). The highest BCUT2D eigenvalue weighted by molar-refractivity contribution is 5.30. The fourth-order valence-electron chi connectivity index (χ4n) is 1.39. The summed E-state index contributed by atoms with van der Waals surface area (Å²) in [5.41, 5.74) is 6.91. The molecule has 0 saturated carbocycles. The zero-order chi connectivity index (χ0) is 11.5. The number of aromatic nitrogens is 4. The predicted octanol–water partition coefficient (Wildman–Crippen LogP) is 0.0306. The monoisotopic (exact) mass is 219 g/mol. The van der Waals surface area contributed by atoms with Crippen LogP contribution in [0.25, 0.3) is 0 Å². The molecule has 0 aliphatic rings. The first-order valence-corrected chi connectivity index (χ1v) is 4.97. The summed E-state index contributed by atoms with van der Waals surface area (Å²) in [6.45, 7) is 2.90. The van der Waals surface area contributed by atoms with Crippen molar-refractivity contribution < 1.29 is 0 Å². The van der Waals surface area contributed by atoms with E-state index in [2.05, 4.69) is 10.2 Å². The quantitative estimate of drug-likeness (QED) is 0.790. The molecule has 0 saturated heterocycles. The fourth-order valence-corrected chi connectivity index (χ4v) is 1.39. The number of anilines is 1. The largest absolute Gasteiger partial charge is 0.396 e. The predicted molar refractivity (Wildman–Crippen MR) is 59.9 cm³/mol. The smallest absolute Gasteiger partial charge is 0.267 e. The first-order chi connectivity index (χ1) is 7.65. The van der Waals surface area contributed by atoms with Crippen molar-refractivity contribution in [3.8, 4) is 0 Å². The van der Waals surface area contributed by atoms with E-state index in [0.717, 1.165) is 5.56 Å². The molecule has 2 heterocycles. The number of aryl methyl sites for hydroxylation is 3. The van der Waals surface area contributed by atoms with Crippen LogP contribution in [0.2, 0.25) is 0 Å². The van der Waals surface area contributed by atoms with Gasteiger partial charge in [0.15, 0.2) is 0 Å². The molecular formula is C10H13N5O. The Morgan fingerprint density at radius 2 is 2.12 bits per heavy atom. The molecule has 84 valence electrons. The molecule has 2 aromatic heterocycles. The van der Waals surface area contributed by atoms with E-state index in [9.17, 15) is 4.79 Å². The van der Waals surface area contributed by atoms with Crippen molar-refractivity contribution in [2.24, 2.45) is 0 Å². The van der Waals surface area contributed by atoms with Crippen molar-refractivity contribution in [3.05, 3.63) is 40.6 Å². The van der Waals surface area contributed by atoms with Gasteiger partial charge in [0.1, 0.15) is 0 Å². The van der Waals surface area contributed by atoms with Gasteiger partial charge in [-0.1, -0.05) is 0 Å². The molecule has 6 heteroatoms. The van der Waals surface area contributed by atoms with Crippen LogP contribution in [0.1, 0.15) is 5.56 Å². The summed E-state index contributed by atoms with van der Waals surface area (Å²) in [6.07, 6.45) is 4.96. The second-order valence-corrected chi connectivity index (χ2v) is 3.63. The maximum Gasteiger partial charge on any atom is 0.267 e. The van der Waals surface area contributed by atoms with Crippen molar-refractivity contribution in [2.75, 3.05) is 5.73 Å². The Bertz CT molecular complexity index is 542. The molecule has 0 aliphatic heterocycles. The third-order valence-electron chi connectivity index (χ3n) is 2.20. The van der Waals surface area contributed by atoms with Crippen molar-refractivity contribution in [1.29, 1.82) is 0 Å². The Morgan fingerprint density at radius 3 is 2.75 bits per heavy atom. The number of nitrogen functional groups attached to an aromatic ring is 1. The lowest BCUT2D eigenvalue weighted by Crippen LogP contribution is -2.24. The van der Waals surface area contributed by atoms with Crippen molar-refractivity contribution in [3.63, 3.8) is 0 Å². The number of hydrogen-bond donors (Lipinski definition) is 1. The summed E-state index contributed by atoms with van der Waals surface area (Å²) < 4.78 is 3.09. The molecule has 16 heavy (non-hydrogen) atoms. The van der Waals surface area contributed by atoms with E-state index < -0.39 is 0 Å². The zero-order valence-electron chi connectivity index (χ0n) is 9.00.